The Labute approximate surface area is 272 Å². The number of carbonyl (C=O) groups excluding carboxylic acids is 3. The van der Waals surface area contributed by atoms with Gasteiger partial charge in [0, 0.05) is 25.4 Å². The minimum absolute atomic E-state index is 0.183. The van der Waals surface area contributed by atoms with Gasteiger partial charge in [-0.15, -0.1) is 11.3 Å². The third kappa shape index (κ3) is 17.1. The summed E-state index contributed by atoms with van der Waals surface area (Å²) >= 11 is 1.74. The Morgan fingerprint density at radius 3 is 2.16 bits per heavy atom. The van der Waals surface area contributed by atoms with Crippen LogP contribution in [-0.2, 0) is 20.8 Å². The van der Waals surface area contributed by atoms with Crippen LogP contribution in [0.25, 0.3) is 10.2 Å². The van der Waals surface area contributed by atoms with Crippen LogP contribution < -0.4 is 16.8 Å². The zero-order chi connectivity index (χ0) is 33.8. The maximum Gasteiger partial charge on any atom is 0.220 e. The van der Waals surface area contributed by atoms with Crippen molar-refractivity contribution in [2.24, 2.45) is 17.4 Å². The number of nitrogens with two attached hydrogens (primary N) is 2. The molecule has 0 radical (unpaired) electrons. The van der Waals surface area contributed by atoms with E-state index in [2.05, 4.69) is 65.9 Å². The molecule has 5 N–H and O–H groups in total. The number of fused-ring (bicyclic) bond motifs is 1. The standard InChI is InChI=1S/C29H43N3OS.C2H6.2CH5N.2CH2O/c1-22(2)24-14-15-26-27(21-24)34-29(31-26)17-16-28(33)30-25(23-11-5-3-6-12-23)13-7-10-20-32-18-8-4-9-19-32;5*1-2/h7,10,14-15,21-23,25H,3-6,8-9,11-13,16-20H2,1-2H3,(H,30,33);1-2H3;2*2H2,1H3;2*1H2/b10-7+;;;;;. The van der Waals surface area contributed by atoms with E-state index in [0.29, 0.717) is 18.3 Å². The summed E-state index contributed by atoms with van der Waals surface area (Å²) in [5.74, 6) is 1.32. The van der Waals surface area contributed by atoms with Gasteiger partial charge >= 0.3 is 0 Å². The number of nitrogens with zero attached hydrogens (tertiary/aromatic N) is 2. The fourth-order valence-electron chi connectivity index (χ4n) is 5.47. The zero-order valence-electron chi connectivity index (χ0n) is 28.6. The molecule has 1 saturated carbocycles. The van der Waals surface area contributed by atoms with Crippen molar-refractivity contribution in [1.82, 2.24) is 15.2 Å². The third-order valence-corrected chi connectivity index (χ3v) is 8.70. The van der Waals surface area contributed by atoms with Gasteiger partial charge in [0.25, 0.3) is 0 Å². The van der Waals surface area contributed by atoms with Crippen molar-refractivity contribution in [3.8, 4) is 0 Å². The van der Waals surface area contributed by atoms with Crippen LogP contribution in [0.5, 0.6) is 0 Å². The van der Waals surface area contributed by atoms with Crippen LogP contribution in [0.1, 0.15) is 108 Å². The minimum Gasteiger partial charge on any atom is -0.353 e. The number of aromatic nitrogens is 1. The first kappa shape index (κ1) is 43.7. The number of benzene rings is 1. The molecule has 252 valence electrons. The van der Waals surface area contributed by atoms with Gasteiger partial charge in [-0.25, -0.2) is 4.98 Å². The van der Waals surface area contributed by atoms with E-state index in [9.17, 15) is 4.79 Å². The highest BCUT2D eigenvalue weighted by Crippen LogP contribution is 2.29. The van der Waals surface area contributed by atoms with Gasteiger partial charge in [-0.3, -0.25) is 9.69 Å². The predicted octanol–water partition coefficient (Wildman–Crippen LogP) is 6.66. The molecule has 1 amide bonds. The highest BCUT2D eigenvalue weighted by atomic mass is 32.1. The summed E-state index contributed by atoms with van der Waals surface area (Å²) in [7, 11) is 3.00. The quantitative estimate of drug-likeness (QED) is 0.250. The number of carbonyl (C=O) groups is 3. The Kier molecular flexibility index (Phi) is 29.0. The van der Waals surface area contributed by atoms with Crippen molar-refractivity contribution in [2.75, 3.05) is 33.7 Å². The number of thiazole rings is 1. The summed E-state index contributed by atoms with van der Waals surface area (Å²) < 4.78 is 1.24. The number of likely N-dealkylation sites (tertiary alicyclic amines) is 1. The third-order valence-electron chi connectivity index (χ3n) is 7.62. The second-order valence-corrected chi connectivity index (χ2v) is 11.7. The smallest absolute Gasteiger partial charge is 0.220 e. The molecule has 1 aliphatic heterocycles. The maximum atomic E-state index is 12.9. The average molecular weight is 634 g/mol. The summed E-state index contributed by atoms with van der Waals surface area (Å²) in [6.07, 6.45) is 17.4. The molecule has 0 spiro atoms. The predicted molar refractivity (Wildman–Crippen MR) is 190 cm³/mol. The Morgan fingerprint density at radius 2 is 1.57 bits per heavy atom. The fourth-order valence-corrected chi connectivity index (χ4v) is 6.48. The molecular weight excluding hydrogens is 570 g/mol. The van der Waals surface area contributed by atoms with Crippen LogP contribution in [-0.4, -0.2) is 69.1 Å². The second kappa shape index (κ2) is 29.3. The van der Waals surface area contributed by atoms with E-state index in [1.54, 1.807) is 11.3 Å². The van der Waals surface area contributed by atoms with E-state index in [1.807, 2.05) is 27.4 Å². The summed E-state index contributed by atoms with van der Waals surface area (Å²) in [4.78, 5) is 36.3. The van der Waals surface area contributed by atoms with Crippen LogP contribution in [0, 0.1) is 5.92 Å². The van der Waals surface area contributed by atoms with Crippen molar-refractivity contribution in [3.63, 3.8) is 0 Å². The van der Waals surface area contributed by atoms with Crippen molar-refractivity contribution >= 4 is 41.0 Å². The number of aryl methyl sites for hydroxylation is 1. The number of amides is 1. The first-order chi connectivity index (χ1) is 21.6. The van der Waals surface area contributed by atoms with Crippen LogP contribution in [0.4, 0.5) is 0 Å². The molecule has 2 heterocycles. The van der Waals surface area contributed by atoms with Gasteiger partial charge in [0.05, 0.1) is 15.2 Å². The maximum absolute atomic E-state index is 12.9. The molecule has 4 rings (SSSR count). The summed E-state index contributed by atoms with van der Waals surface area (Å²) in [5, 5.41) is 4.50. The second-order valence-electron chi connectivity index (χ2n) is 10.6. The highest BCUT2D eigenvalue weighted by Gasteiger charge is 2.24. The van der Waals surface area contributed by atoms with Gasteiger partial charge < -0.3 is 26.4 Å². The monoisotopic (exact) mass is 633 g/mol. The van der Waals surface area contributed by atoms with Crippen molar-refractivity contribution in [2.45, 2.75) is 110 Å². The molecule has 1 saturated heterocycles. The minimum atomic E-state index is 0.183. The average Bonchev–Trinajstić information content (AvgIpc) is 3.53. The van der Waals surface area contributed by atoms with Gasteiger partial charge in [0.15, 0.2) is 0 Å². The van der Waals surface area contributed by atoms with Gasteiger partial charge in [-0.2, -0.15) is 0 Å². The van der Waals surface area contributed by atoms with Crippen LogP contribution in [0.15, 0.2) is 30.4 Å². The molecule has 2 fully saturated rings. The topological polar surface area (TPSA) is 131 Å². The van der Waals surface area contributed by atoms with Gasteiger partial charge in [0.2, 0.25) is 5.91 Å². The van der Waals surface area contributed by atoms with Crippen LogP contribution in [0.2, 0.25) is 0 Å². The highest BCUT2D eigenvalue weighted by molar-refractivity contribution is 7.18. The molecule has 1 aromatic carbocycles. The molecule has 9 heteroatoms. The number of hydrogen-bond acceptors (Lipinski definition) is 8. The Balaban J connectivity index is 0. The molecule has 0 bridgehead atoms. The molecule has 44 heavy (non-hydrogen) atoms. The lowest BCUT2D eigenvalue weighted by atomic mass is 9.82. The van der Waals surface area contributed by atoms with E-state index in [1.165, 1.54) is 88.8 Å². The van der Waals surface area contributed by atoms with Gasteiger partial charge in [-0.1, -0.05) is 71.6 Å². The first-order valence-electron chi connectivity index (χ1n) is 16.4. The van der Waals surface area contributed by atoms with E-state index < -0.39 is 0 Å². The molecule has 2 aromatic rings. The van der Waals surface area contributed by atoms with Crippen LogP contribution in [0.3, 0.4) is 0 Å². The van der Waals surface area contributed by atoms with Gasteiger partial charge in [0.1, 0.15) is 13.6 Å². The largest absolute Gasteiger partial charge is 0.353 e. The van der Waals surface area contributed by atoms with Crippen molar-refractivity contribution < 1.29 is 14.4 Å². The Hall–Kier alpha value is -2.46. The number of rotatable bonds is 10. The van der Waals surface area contributed by atoms with E-state index in [-0.39, 0.29) is 11.9 Å². The van der Waals surface area contributed by atoms with Crippen molar-refractivity contribution in [1.29, 1.82) is 0 Å². The lowest BCUT2D eigenvalue weighted by molar-refractivity contribution is -0.122. The summed E-state index contributed by atoms with van der Waals surface area (Å²) in [6.45, 7) is 16.0. The van der Waals surface area contributed by atoms with E-state index in [4.69, 9.17) is 14.6 Å². The lowest BCUT2D eigenvalue weighted by Gasteiger charge is -2.30. The lowest BCUT2D eigenvalue weighted by Crippen LogP contribution is -2.41. The fraction of sp³-hybridized carbons (Fsp3) is 0.657. The number of hydrogen-bond donors (Lipinski definition) is 3. The zero-order valence-corrected chi connectivity index (χ0v) is 29.4. The molecule has 1 aliphatic carbocycles. The first-order valence-corrected chi connectivity index (χ1v) is 17.2. The molecule has 1 unspecified atom stereocenters. The molecule has 1 aromatic heterocycles. The molecule has 8 nitrogen and oxygen atoms in total. The SMILES string of the molecule is C=O.C=O.CC.CC(C)c1ccc2nc(CCC(=O)NC(C/C=C/CN3CCCCC3)C3CCCCC3)sc2c1.CN.CN. The Bertz CT molecular complexity index is 984. The normalized spacial score (nSPS) is 15.5. The number of piperidine rings is 1. The van der Waals surface area contributed by atoms with E-state index in [0.717, 1.165) is 29.9 Å². The summed E-state index contributed by atoms with van der Waals surface area (Å²) in [6, 6.07) is 6.84. The molecular formula is C35H63N5O3S. The number of nitrogens with one attached hydrogen (secondary N) is 1. The summed E-state index contributed by atoms with van der Waals surface area (Å²) in [5.41, 5.74) is 11.4. The van der Waals surface area contributed by atoms with Crippen molar-refractivity contribution in [3.05, 3.63) is 40.9 Å². The van der Waals surface area contributed by atoms with Crippen LogP contribution >= 0.6 is 11.3 Å². The Morgan fingerprint density at radius 1 is 0.977 bits per heavy atom. The molecule has 1 atom stereocenters. The molecule has 2 aliphatic rings. The van der Waals surface area contributed by atoms with Gasteiger partial charge in [-0.05, 0) is 88.8 Å². The van der Waals surface area contributed by atoms with E-state index >= 15 is 0 Å².